The van der Waals surface area contributed by atoms with Crippen molar-refractivity contribution in [2.24, 2.45) is 0 Å². The summed E-state index contributed by atoms with van der Waals surface area (Å²) in [4.78, 5) is 24.0. The monoisotopic (exact) mass is 391 g/mol. The minimum atomic E-state index is -1.33. The summed E-state index contributed by atoms with van der Waals surface area (Å²) in [5.74, 6) is -0.983. The van der Waals surface area contributed by atoms with Crippen LogP contribution < -0.4 is 19.5 Å². The smallest absolute Gasteiger partial charge is 0.352 e. The summed E-state index contributed by atoms with van der Waals surface area (Å²) in [6.45, 7) is 0. The summed E-state index contributed by atoms with van der Waals surface area (Å²) in [6.07, 6.45) is 1.26. The van der Waals surface area contributed by atoms with Gasteiger partial charge in [-0.2, -0.15) is 0 Å². The van der Waals surface area contributed by atoms with Crippen LogP contribution in [0.5, 0.6) is 17.2 Å². The first-order valence-electron chi connectivity index (χ1n) is 7.72. The number of rotatable bonds is 7. The molecule has 7 nitrogen and oxygen atoms in total. The quantitative estimate of drug-likeness (QED) is 0.704. The van der Waals surface area contributed by atoms with Gasteiger partial charge in [0.25, 0.3) is 5.91 Å². The number of carboxylic acid groups (broad SMARTS) is 1. The second-order valence-corrected chi connectivity index (χ2v) is 5.63. The number of hydrogen-bond donors (Lipinski definition) is 2. The molecule has 8 heteroatoms. The summed E-state index contributed by atoms with van der Waals surface area (Å²) in [5.41, 5.74) is 0.183. The van der Waals surface area contributed by atoms with Crippen molar-refractivity contribution >= 4 is 29.6 Å². The highest BCUT2D eigenvalue weighted by molar-refractivity contribution is 6.34. The Balaban J connectivity index is 2.45. The van der Waals surface area contributed by atoms with E-state index in [9.17, 15) is 14.7 Å². The molecule has 0 aromatic heterocycles. The molecule has 0 saturated carbocycles. The molecule has 0 bridgehead atoms. The zero-order valence-electron chi connectivity index (χ0n) is 14.9. The van der Waals surface area contributed by atoms with E-state index in [1.165, 1.54) is 39.5 Å². The molecule has 2 aromatic carbocycles. The molecule has 142 valence electrons. The van der Waals surface area contributed by atoms with Crippen LogP contribution in [0, 0.1) is 0 Å². The van der Waals surface area contributed by atoms with E-state index in [-0.39, 0.29) is 22.0 Å². The number of carboxylic acids is 1. The Kier molecular flexibility index (Phi) is 6.67. The lowest BCUT2D eigenvalue weighted by Crippen LogP contribution is -2.27. The van der Waals surface area contributed by atoms with E-state index in [0.29, 0.717) is 17.1 Å². The summed E-state index contributed by atoms with van der Waals surface area (Å²) in [6, 6.07) is 9.52. The molecule has 0 aliphatic rings. The second kappa shape index (κ2) is 8.95. The van der Waals surface area contributed by atoms with E-state index in [4.69, 9.17) is 25.8 Å². The van der Waals surface area contributed by atoms with Gasteiger partial charge in [0.15, 0.2) is 11.5 Å². The number of nitrogens with one attached hydrogen (secondary N) is 1. The first-order chi connectivity index (χ1) is 12.9. The molecule has 0 aliphatic heterocycles. The van der Waals surface area contributed by atoms with Crippen LogP contribution in [0.1, 0.15) is 15.9 Å². The molecule has 2 N–H and O–H groups in total. The van der Waals surface area contributed by atoms with E-state index in [0.717, 1.165) is 0 Å². The summed E-state index contributed by atoms with van der Waals surface area (Å²) < 4.78 is 15.8. The van der Waals surface area contributed by atoms with Gasteiger partial charge in [-0.05, 0) is 30.3 Å². The normalized spacial score (nSPS) is 10.9. The average molecular weight is 392 g/mol. The maximum Gasteiger partial charge on any atom is 0.352 e. The van der Waals surface area contributed by atoms with Gasteiger partial charge in [-0.15, -0.1) is 0 Å². The van der Waals surface area contributed by atoms with Crippen molar-refractivity contribution in [3.05, 3.63) is 58.2 Å². The molecule has 0 atom stereocenters. The third kappa shape index (κ3) is 4.51. The summed E-state index contributed by atoms with van der Waals surface area (Å²) >= 11 is 5.98. The Bertz CT molecular complexity index is 894. The Morgan fingerprint density at radius 2 is 1.67 bits per heavy atom. The predicted octanol–water partition coefficient (Wildman–Crippen LogP) is 3.22. The molecular formula is C19H18ClNO6. The molecule has 0 heterocycles. The van der Waals surface area contributed by atoms with Crippen molar-refractivity contribution in [2.45, 2.75) is 0 Å². The molecule has 0 spiro atoms. The minimum absolute atomic E-state index is 0.158. The van der Waals surface area contributed by atoms with Crippen LogP contribution in [0.4, 0.5) is 0 Å². The van der Waals surface area contributed by atoms with Crippen molar-refractivity contribution < 1.29 is 28.9 Å². The highest BCUT2D eigenvalue weighted by atomic mass is 35.5. The first-order valence-corrected chi connectivity index (χ1v) is 8.10. The van der Waals surface area contributed by atoms with Gasteiger partial charge in [0.2, 0.25) is 5.75 Å². The third-order valence-corrected chi connectivity index (χ3v) is 3.96. The Morgan fingerprint density at radius 3 is 2.22 bits per heavy atom. The fourth-order valence-corrected chi connectivity index (χ4v) is 2.60. The van der Waals surface area contributed by atoms with Crippen LogP contribution in [0.3, 0.4) is 0 Å². The third-order valence-electron chi connectivity index (χ3n) is 3.63. The Hall–Kier alpha value is -3.19. The standard InChI is InChI=1S/C19H18ClNO6/c1-25-15-9-8-11(16(26-2)17(15)27-3)10-14(19(23)24)21-18(22)12-6-4-5-7-13(12)20/h4-10H,1-3H3,(H,21,22)(H,23,24)/b14-10-. The second-order valence-electron chi connectivity index (χ2n) is 5.22. The van der Waals surface area contributed by atoms with E-state index in [2.05, 4.69) is 5.32 Å². The lowest BCUT2D eigenvalue weighted by Gasteiger charge is -2.15. The number of ether oxygens (including phenoxy) is 3. The molecular weight excluding hydrogens is 374 g/mol. The van der Waals surface area contributed by atoms with Gasteiger partial charge in [0, 0.05) is 5.56 Å². The largest absolute Gasteiger partial charge is 0.493 e. The predicted molar refractivity (Wildman–Crippen MR) is 101 cm³/mol. The number of amides is 1. The van der Waals surface area contributed by atoms with Crippen LogP contribution in [0.2, 0.25) is 5.02 Å². The zero-order chi connectivity index (χ0) is 20.0. The van der Waals surface area contributed by atoms with Gasteiger partial charge in [-0.25, -0.2) is 4.79 Å². The van der Waals surface area contributed by atoms with E-state index < -0.39 is 11.9 Å². The first kappa shape index (κ1) is 20.1. The van der Waals surface area contributed by atoms with Gasteiger partial charge in [0.05, 0.1) is 31.9 Å². The molecule has 0 aliphatic carbocycles. The van der Waals surface area contributed by atoms with Crippen molar-refractivity contribution in [3.8, 4) is 17.2 Å². The molecule has 0 unspecified atom stereocenters. The number of benzene rings is 2. The fraction of sp³-hybridized carbons (Fsp3) is 0.158. The number of methoxy groups -OCH3 is 3. The summed E-state index contributed by atoms with van der Waals surface area (Å²) in [5, 5.41) is 12.0. The maximum absolute atomic E-state index is 12.4. The number of hydrogen-bond acceptors (Lipinski definition) is 5. The Morgan fingerprint density at radius 1 is 1.00 bits per heavy atom. The van der Waals surface area contributed by atoms with Crippen molar-refractivity contribution in [1.29, 1.82) is 0 Å². The SMILES string of the molecule is COc1ccc(/C=C(\NC(=O)c2ccccc2Cl)C(=O)O)c(OC)c1OC. The van der Waals surface area contributed by atoms with Gasteiger partial charge in [0.1, 0.15) is 5.70 Å². The lowest BCUT2D eigenvalue weighted by atomic mass is 10.1. The van der Waals surface area contributed by atoms with Crippen LogP contribution >= 0.6 is 11.6 Å². The molecule has 0 radical (unpaired) electrons. The van der Waals surface area contributed by atoms with Gasteiger partial charge < -0.3 is 24.6 Å². The Labute approximate surface area is 161 Å². The highest BCUT2D eigenvalue weighted by Gasteiger charge is 2.19. The zero-order valence-corrected chi connectivity index (χ0v) is 15.7. The molecule has 2 rings (SSSR count). The van der Waals surface area contributed by atoms with Crippen molar-refractivity contribution in [2.75, 3.05) is 21.3 Å². The molecule has 0 saturated heterocycles. The van der Waals surface area contributed by atoms with Crippen LogP contribution in [0.15, 0.2) is 42.1 Å². The molecule has 2 aromatic rings. The number of halogens is 1. The topological polar surface area (TPSA) is 94.1 Å². The maximum atomic E-state index is 12.4. The number of aliphatic carboxylic acids is 1. The van der Waals surface area contributed by atoms with Crippen LogP contribution in [-0.4, -0.2) is 38.3 Å². The van der Waals surface area contributed by atoms with Crippen molar-refractivity contribution in [1.82, 2.24) is 5.32 Å². The number of carbonyl (C=O) groups is 2. The lowest BCUT2D eigenvalue weighted by molar-refractivity contribution is -0.132. The summed E-state index contributed by atoms with van der Waals surface area (Å²) in [7, 11) is 4.32. The highest BCUT2D eigenvalue weighted by Crippen LogP contribution is 2.40. The van der Waals surface area contributed by atoms with Gasteiger partial charge >= 0.3 is 5.97 Å². The molecule has 0 fully saturated rings. The fourth-order valence-electron chi connectivity index (χ4n) is 2.38. The number of carbonyl (C=O) groups excluding carboxylic acids is 1. The van der Waals surface area contributed by atoms with E-state index in [1.807, 2.05) is 0 Å². The van der Waals surface area contributed by atoms with E-state index >= 15 is 0 Å². The van der Waals surface area contributed by atoms with E-state index in [1.54, 1.807) is 24.3 Å². The molecule has 27 heavy (non-hydrogen) atoms. The average Bonchev–Trinajstić information content (AvgIpc) is 2.66. The van der Waals surface area contributed by atoms with Crippen molar-refractivity contribution in [3.63, 3.8) is 0 Å². The van der Waals surface area contributed by atoms with Crippen LogP contribution in [0.25, 0.3) is 6.08 Å². The molecule has 1 amide bonds. The van der Waals surface area contributed by atoms with Crippen LogP contribution in [-0.2, 0) is 4.79 Å². The minimum Gasteiger partial charge on any atom is -0.493 e. The van der Waals surface area contributed by atoms with Gasteiger partial charge in [-0.3, -0.25) is 4.79 Å². The van der Waals surface area contributed by atoms with Gasteiger partial charge in [-0.1, -0.05) is 23.7 Å².